The molecular formula is C27H32N2. The molecule has 0 aliphatic carbocycles. The molecule has 150 valence electrons. The second-order valence-electron chi connectivity index (χ2n) is 8.32. The molecular weight excluding hydrogens is 352 g/mol. The fourth-order valence-electron chi connectivity index (χ4n) is 4.93. The van der Waals surface area contributed by atoms with Crippen molar-refractivity contribution in [1.29, 1.82) is 0 Å². The van der Waals surface area contributed by atoms with Crippen LogP contribution in [0.3, 0.4) is 0 Å². The quantitative estimate of drug-likeness (QED) is 0.389. The summed E-state index contributed by atoms with van der Waals surface area (Å²) in [6.07, 6.45) is 14.3. The van der Waals surface area contributed by atoms with Crippen molar-refractivity contribution in [2.45, 2.75) is 64.3 Å². The van der Waals surface area contributed by atoms with E-state index >= 15 is 0 Å². The Balaban J connectivity index is 1.84. The van der Waals surface area contributed by atoms with E-state index in [1.165, 1.54) is 40.4 Å². The van der Waals surface area contributed by atoms with Crippen LogP contribution < -0.4 is 0 Å². The predicted molar refractivity (Wildman–Crippen MR) is 126 cm³/mol. The van der Waals surface area contributed by atoms with Crippen LogP contribution in [-0.2, 0) is 6.42 Å². The Kier molecular flexibility index (Phi) is 5.71. The molecule has 1 aliphatic heterocycles. The average Bonchev–Trinajstić information content (AvgIpc) is 3.41. The fraction of sp³-hybridized carbons (Fsp3) is 0.370. The number of fused-ring (bicyclic) bond motifs is 1. The van der Waals surface area contributed by atoms with E-state index in [4.69, 9.17) is 4.99 Å². The van der Waals surface area contributed by atoms with Gasteiger partial charge in [0, 0.05) is 24.5 Å². The molecule has 0 saturated heterocycles. The van der Waals surface area contributed by atoms with Crippen LogP contribution >= 0.6 is 0 Å². The number of aliphatic imine (C=N–C) groups is 1. The van der Waals surface area contributed by atoms with Crippen molar-refractivity contribution in [3.8, 4) is 0 Å². The van der Waals surface area contributed by atoms with Gasteiger partial charge in [0.05, 0.1) is 5.70 Å². The van der Waals surface area contributed by atoms with Gasteiger partial charge in [-0.2, -0.15) is 0 Å². The smallest absolute Gasteiger partial charge is 0.107 e. The minimum absolute atomic E-state index is 0.211. The summed E-state index contributed by atoms with van der Waals surface area (Å²) in [7, 11) is 0. The van der Waals surface area contributed by atoms with Crippen molar-refractivity contribution in [3.63, 3.8) is 0 Å². The molecule has 2 heteroatoms. The average molecular weight is 385 g/mol. The number of aromatic nitrogens is 1. The number of nitrogens with zero attached hydrogens (tertiary/aromatic N) is 2. The molecule has 0 N–H and O–H groups in total. The van der Waals surface area contributed by atoms with Gasteiger partial charge in [-0.3, -0.25) is 4.99 Å². The van der Waals surface area contributed by atoms with Crippen LogP contribution in [0.25, 0.3) is 16.5 Å². The van der Waals surface area contributed by atoms with Crippen LogP contribution in [0.15, 0.2) is 72.0 Å². The largest absolute Gasteiger partial charge is 0.325 e. The zero-order chi connectivity index (χ0) is 20.3. The fourth-order valence-corrected chi connectivity index (χ4v) is 4.93. The molecule has 2 atom stereocenters. The first kappa shape index (κ1) is 19.7. The van der Waals surface area contributed by atoms with Crippen molar-refractivity contribution >= 4 is 22.7 Å². The Morgan fingerprint density at radius 3 is 2.38 bits per heavy atom. The number of allylic oxidation sites excluding steroid dienone is 1. The van der Waals surface area contributed by atoms with Gasteiger partial charge < -0.3 is 4.57 Å². The number of benzene rings is 2. The van der Waals surface area contributed by atoms with Crippen molar-refractivity contribution < 1.29 is 0 Å². The lowest BCUT2D eigenvalue weighted by atomic mass is 9.74. The second kappa shape index (κ2) is 8.41. The van der Waals surface area contributed by atoms with Gasteiger partial charge in [0.25, 0.3) is 0 Å². The normalized spacial score (nSPS) is 19.6. The maximum absolute atomic E-state index is 5.13. The lowest BCUT2D eigenvalue weighted by molar-refractivity contribution is 0.419. The molecule has 1 aliphatic rings. The minimum atomic E-state index is -0.211. The Morgan fingerprint density at radius 1 is 0.966 bits per heavy atom. The monoisotopic (exact) mass is 384 g/mol. The third kappa shape index (κ3) is 3.57. The summed E-state index contributed by atoms with van der Waals surface area (Å²) in [5, 5.41) is 2.67. The Morgan fingerprint density at radius 2 is 1.69 bits per heavy atom. The molecule has 4 rings (SSSR count). The summed E-state index contributed by atoms with van der Waals surface area (Å²) in [6.45, 7) is 6.93. The molecule has 3 aromatic rings. The van der Waals surface area contributed by atoms with Crippen LogP contribution in [0.4, 0.5) is 0 Å². The van der Waals surface area contributed by atoms with E-state index < -0.39 is 0 Å². The standard InChI is InChI=1S/C27H32N2/c1-4-6-11-24-19-22-12-7-8-13-23(22)20-25(24)21(3)27(15-5-2)26(14-16-28-27)29-17-9-10-18-29/h7-10,12-14,16-21H,4-6,11,15H2,1-3H3. The van der Waals surface area contributed by atoms with Crippen molar-refractivity contribution in [2.24, 2.45) is 4.99 Å². The van der Waals surface area contributed by atoms with E-state index in [-0.39, 0.29) is 5.54 Å². The Bertz CT molecular complexity index is 1030. The highest BCUT2D eigenvalue weighted by molar-refractivity contribution is 5.89. The first-order chi connectivity index (χ1) is 14.2. The van der Waals surface area contributed by atoms with Gasteiger partial charge in [0.2, 0.25) is 0 Å². The number of hydrogen-bond acceptors (Lipinski definition) is 1. The minimum Gasteiger partial charge on any atom is -0.325 e. The number of rotatable bonds is 8. The van der Waals surface area contributed by atoms with Crippen LogP contribution in [0.2, 0.25) is 0 Å². The summed E-state index contributed by atoms with van der Waals surface area (Å²) < 4.78 is 2.26. The number of aryl methyl sites for hydroxylation is 1. The zero-order valence-electron chi connectivity index (χ0n) is 17.9. The summed E-state index contributed by atoms with van der Waals surface area (Å²) in [5.74, 6) is 0.311. The van der Waals surface area contributed by atoms with Gasteiger partial charge in [-0.15, -0.1) is 0 Å². The third-order valence-electron chi connectivity index (χ3n) is 6.48. The maximum atomic E-state index is 5.13. The van der Waals surface area contributed by atoms with Crippen LogP contribution in [0.5, 0.6) is 0 Å². The Labute approximate surface area is 175 Å². The molecule has 0 saturated carbocycles. The van der Waals surface area contributed by atoms with Crippen LogP contribution in [0.1, 0.15) is 63.5 Å². The summed E-state index contributed by atoms with van der Waals surface area (Å²) in [5.41, 5.74) is 4.04. The Hall–Kier alpha value is -2.61. The zero-order valence-corrected chi connectivity index (χ0v) is 17.9. The van der Waals surface area contributed by atoms with E-state index in [9.17, 15) is 0 Å². The highest BCUT2D eigenvalue weighted by Crippen LogP contribution is 2.46. The molecule has 29 heavy (non-hydrogen) atoms. The van der Waals surface area contributed by atoms with Gasteiger partial charge >= 0.3 is 0 Å². The summed E-state index contributed by atoms with van der Waals surface area (Å²) in [6, 6.07) is 17.8. The molecule has 0 fully saturated rings. The molecule has 2 aromatic carbocycles. The van der Waals surface area contributed by atoms with Crippen molar-refractivity contribution in [2.75, 3.05) is 0 Å². The summed E-state index contributed by atoms with van der Waals surface area (Å²) in [4.78, 5) is 5.13. The molecule has 0 amide bonds. The van der Waals surface area contributed by atoms with E-state index in [1.54, 1.807) is 0 Å². The SMILES string of the molecule is CCCCc1cc2ccccc2cc1C(C)C1(CCC)N=CC=C1n1cccc1. The van der Waals surface area contributed by atoms with Gasteiger partial charge in [-0.25, -0.2) is 0 Å². The number of hydrogen-bond donors (Lipinski definition) is 0. The first-order valence-electron chi connectivity index (χ1n) is 11.1. The lowest BCUT2D eigenvalue weighted by Crippen LogP contribution is -2.35. The molecule has 1 aromatic heterocycles. The van der Waals surface area contributed by atoms with E-state index in [2.05, 4.69) is 92.3 Å². The predicted octanol–water partition coefficient (Wildman–Crippen LogP) is 7.25. The van der Waals surface area contributed by atoms with Gasteiger partial charge in [0.1, 0.15) is 5.54 Å². The second-order valence-corrected chi connectivity index (χ2v) is 8.32. The van der Waals surface area contributed by atoms with Crippen molar-refractivity contribution in [3.05, 3.63) is 78.1 Å². The first-order valence-corrected chi connectivity index (χ1v) is 11.1. The highest BCUT2D eigenvalue weighted by Gasteiger charge is 2.42. The molecule has 2 unspecified atom stereocenters. The van der Waals surface area contributed by atoms with E-state index in [0.717, 1.165) is 19.3 Å². The third-order valence-corrected chi connectivity index (χ3v) is 6.48. The van der Waals surface area contributed by atoms with Crippen molar-refractivity contribution in [1.82, 2.24) is 4.57 Å². The summed E-state index contributed by atoms with van der Waals surface area (Å²) >= 11 is 0. The van der Waals surface area contributed by atoms with E-state index in [0.29, 0.717) is 5.92 Å². The van der Waals surface area contributed by atoms with Crippen LogP contribution in [-0.4, -0.2) is 16.3 Å². The number of unbranched alkanes of at least 4 members (excludes halogenated alkanes) is 1. The maximum Gasteiger partial charge on any atom is 0.107 e. The lowest BCUT2D eigenvalue weighted by Gasteiger charge is -2.37. The van der Waals surface area contributed by atoms with E-state index in [1.807, 2.05) is 6.21 Å². The van der Waals surface area contributed by atoms with Gasteiger partial charge in [-0.1, -0.05) is 70.0 Å². The molecule has 0 radical (unpaired) electrons. The van der Waals surface area contributed by atoms with Crippen LogP contribution in [0, 0.1) is 0 Å². The molecule has 0 spiro atoms. The molecule has 0 bridgehead atoms. The molecule has 2 heterocycles. The topological polar surface area (TPSA) is 17.3 Å². The van der Waals surface area contributed by atoms with Gasteiger partial charge in [0.15, 0.2) is 0 Å². The highest BCUT2D eigenvalue weighted by atomic mass is 15.1. The van der Waals surface area contributed by atoms with Gasteiger partial charge in [-0.05, 0) is 59.4 Å². The molecule has 2 nitrogen and oxygen atoms in total.